The highest BCUT2D eigenvalue weighted by atomic mass is 79.9. The van der Waals surface area contributed by atoms with Crippen LogP contribution in [0.2, 0.25) is 0 Å². The number of aryl methyl sites for hydroxylation is 2. The van der Waals surface area contributed by atoms with Crippen LogP contribution < -0.4 is 0 Å². The maximum Gasteiger partial charge on any atom is 0.375 e. The lowest BCUT2D eigenvalue weighted by Crippen LogP contribution is -2.15. The molecule has 142 valence electrons. The molecule has 0 atom stereocenters. The predicted molar refractivity (Wildman–Crippen MR) is 107 cm³/mol. The zero-order valence-corrected chi connectivity index (χ0v) is 17.5. The Kier molecular flexibility index (Phi) is 5.56. The van der Waals surface area contributed by atoms with Crippen LogP contribution in [0.4, 0.5) is 0 Å². The Balaban J connectivity index is 1.75. The van der Waals surface area contributed by atoms with Crippen molar-refractivity contribution in [2.45, 2.75) is 40.7 Å². The Morgan fingerprint density at radius 2 is 1.93 bits per heavy atom. The number of hydrogen-bond acceptors (Lipinski definition) is 4. The van der Waals surface area contributed by atoms with Gasteiger partial charge in [0.25, 0.3) is 0 Å². The van der Waals surface area contributed by atoms with Crippen LogP contribution in [0.5, 0.6) is 0 Å². The lowest BCUT2D eigenvalue weighted by molar-refractivity contribution is 0.0445. The summed E-state index contributed by atoms with van der Waals surface area (Å²) < 4.78 is 13.9. The number of hydrogen-bond donors (Lipinski definition) is 0. The van der Waals surface area contributed by atoms with Crippen LogP contribution in [0.25, 0.3) is 11.0 Å². The Morgan fingerprint density at radius 1 is 1.19 bits per heavy atom. The van der Waals surface area contributed by atoms with Gasteiger partial charge in [-0.2, -0.15) is 0 Å². The average Bonchev–Trinajstić information content (AvgIpc) is 3.11. The quantitative estimate of drug-likeness (QED) is 0.388. The first-order valence-corrected chi connectivity index (χ1v) is 9.68. The van der Waals surface area contributed by atoms with E-state index >= 15 is 0 Å². The summed E-state index contributed by atoms with van der Waals surface area (Å²) in [6, 6.07) is 7.37. The molecule has 2 aromatic heterocycles. The Morgan fingerprint density at radius 3 is 2.63 bits per heavy atom. The van der Waals surface area contributed by atoms with E-state index in [2.05, 4.69) is 27.4 Å². The van der Waals surface area contributed by atoms with E-state index in [-0.39, 0.29) is 18.2 Å². The second kappa shape index (κ2) is 7.72. The van der Waals surface area contributed by atoms with Gasteiger partial charge in [0.15, 0.2) is 6.61 Å². The van der Waals surface area contributed by atoms with Crippen molar-refractivity contribution in [2.24, 2.45) is 0 Å². The fourth-order valence-corrected chi connectivity index (χ4v) is 3.67. The Labute approximate surface area is 166 Å². The molecular formula is C21H22BrNO4. The molecule has 0 saturated heterocycles. The van der Waals surface area contributed by atoms with Gasteiger partial charge in [0.05, 0.1) is 0 Å². The van der Waals surface area contributed by atoms with Gasteiger partial charge in [-0.05, 0) is 51.5 Å². The number of rotatable bonds is 6. The van der Waals surface area contributed by atoms with Crippen molar-refractivity contribution >= 4 is 38.7 Å². The van der Waals surface area contributed by atoms with E-state index in [0.717, 1.165) is 34.2 Å². The number of furan rings is 1. The van der Waals surface area contributed by atoms with Gasteiger partial charge >= 0.3 is 5.97 Å². The van der Waals surface area contributed by atoms with Gasteiger partial charge < -0.3 is 13.7 Å². The summed E-state index contributed by atoms with van der Waals surface area (Å²) in [6.07, 6.45) is 0.987. The van der Waals surface area contributed by atoms with Crippen molar-refractivity contribution in [2.75, 3.05) is 6.61 Å². The van der Waals surface area contributed by atoms with Crippen LogP contribution in [-0.4, -0.2) is 22.9 Å². The van der Waals surface area contributed by atoms with E-state index in [9.17, 15) is 9.59 Å². The molecule has 0 N–H and O–H groups in total. The van der Waals surface area contributed by atoms with Crippen LogP contribution >= 0.6 is 15.9 Å². The number of Topliss-reactive ketones (excluding diaryl/α,β-unsaturated/α-hetero) is 1. The fourth-order valence-electron chi connectivity index (χ4n) is 3.31. The fraction of sp³-hybridized carbons (Fsp3) is 0.333. The number of benzene rings is 1. The first-order valence-electron chi connectivity index (χ1n) is 8.89. The third kappa shape index (κ3) is 3.72. The highest BCUT2D eigenvalue weighted by Crippen LogP contribution is 2.28. The number of carbonyl (C=O) groups is 2. The molecule has 0 fully saturated rings. The lowest BCUT2D eigenvalue weighted by atomic mass is 10.1. The van der Waals surface area contributed by atoms with Gasteiger partial charge in [0, 0.05) is 38.9 Å². The summed E-state index contributed by atoms with van der Waals surface area (Å²) >= 11 is 3.41. The van der Waals surface area contributed by atoms with Crippen molar-refractivity contribution in [1.82, 2.24) is 4.57 Å². The summed E-state index contributed by atoms with van der Waals surface area (Å²) in [4.78, 5) is 25.0. The van der Waals surface area contributed by atoms with Gasteiger partial charge in [0.2, 0.25) is 11.5 Å². The predicted octanol–water partition coefficient (Wildman–Crippen LogP) is 5.37. The number of ether oxygens (including phenoxy) is 1. The molecule has 0 saturated carbocycles. The topological polar surface area (TPSA) is 61.4 Å². The second-order valence-corrected chi connectivity index (χ2v) is 7.55. The van der Waals surface area contributed by atoms with Crippen LogP contribution in [0.15, 0.2) is 33.2 Å². The average molecular weight is 432 g/mol. The van der Waals surface area contributed by atoms with E-state index in [4.69, 9.17) is 9.15 Å². The monoisotopic (exact) mass is 431 g/mol. The third-order valence-corrected chi connectivity index (χ3v) is 5.23. The molecule has 3 aromatic rings. The van der Waals surface area contributed by atoms with E-state index in [1.165, 1.54) is 0 Å². The molecule has 1 aromatic carbocycles. The van der Waals surface area contributed by atoms with Gasteiger partial charge in [-0.15, -0.1) is 0 Å². The summed E-state index contributed by atoms with van der Waals surface area (Å²) in [5.41, 5.74) is 3.84. The molecule has 0 bridgehead atoms. The van der Waals surface area contributed by atoms with Gasteiger partial charge in [-0.3, -0.25) is 4.79 Å². The van der Waals surface area contributed by atoms with Gasteiger partial charge in [-0.25, -0.2) is 4.79 Å². The third-order valence-electron chi connectivity index (χ3n) is 4.74. The highest BCUT2D eigenvalue weighted by Gasteiger charge is 2.22. The smallest absolute Gasteiger partial charge is 0.375 e. The number of esters is 1. The van der Waals surface area contributed by atoms with Crippen molar-refractivity contribution in [3.8, 4) is 0 Å². The molecule has 3 rings (SSSR count). The number of aromatic nitrogens is 1. The van der Waals surface area contributed by atoms with Crippen LogP contribution in [0, 0.1) is 20.8 Å². The molecule has 0 spiro atoms. The zero-order valence-electron chi connectivity index (χ0n) is 15.9. The van der Waals surface area contributed by atoms with Crippen molar-refractivity contribution in [3.63, 3.8) is 0 Å². The lowest BCUT2D eigenvalue weighted by Gasteiger charge is -2.08. The number of fused-ring (bicyclic) bond motifs is 1. The minimum atomic E-state index is -0.629. The second-order valence-electron chi connectivity index (χ2n) is 6.63. The molecule has 27 heavy (non-hydrogen) atoms. The highest BCUT2D eigenvalue weighted by molar-refractivity contribution is 9.10. The molecule has 2 heterocycles. The van der Waals surface area contributed by atoms with E-state index < -0.39 is 5.97 Å². The zero-order chi connectivity index (χ0) is 19.7. The van der Waals surface area contributed by atoms with E-state index in [0.29, 0.717) is 16.7 Å². The molecular weight excluding hydrogens is 410 g/mol. The molecule has 0 amide bonds. The van der Waals surface area contributed by atoms with Crippen molar-refractivity contribution < 1.29 is 18.7 Å². The summed E-state index contributed by atoms with van der Waals surface area (Å²) in [5, 5.41) is 0.839. The first kappa shape index (κ1) is 19.4. The first-order chi connectivity index (χ1) is 12.8. The van der Waals surface area contributed by atoms with E-state index in [1.54, 1.807) is 13.0 Å². The van der Waals surface area contributed by atoms with Crippen molar-refractivity contribution in [3.05, 3.63) is 57.0 Å². The van der Waals surface area contributed by atoms with Crippen LogP contribution in [-0.2, 0) is 11.3 Å². The van der Waals surface area contributed by atoms with Crippen LogP contribution in [0.3, 0.4) is 0 Å². The summed E-state index contributed by atoms with van der Waals surface area (Å²) in [5.74, 6) is -0.710. The van der Waals surface area contributed by atoms with Crippen molar-refractivity contribution in [1.29, 1.82) is 0 Å². The number of ketones is 1. The molecule has 0 unspecified atom stereocenters. The maximum atomic E-state index is 12.5. The normalized spacial score (nSPS) is 11.1. The Hall–Kier alpha value is -2.34. The molecule has 0 aliphatic heterocycles. The molecule has 0 radical (unpaired) electrons. The molecule has 0 aliphatic carbocycles. The number of nitrogens with zero attached hydrogens (tertiary/aromatic N) is 1. The SMILES string of the molecule is CCCn1c(C)cc(C(=O)COC(=O)c2oc3ccc(Br)cc3c2C)c1C. The standard InChI is InChI=1S/C21H22BrNO4/c1-5-8-23-12(2)9-17(14(23)4)18(24)11-26-21(25)20-13(3)16-10-15(22)6-7-19(16)27-20/h6-7,9-10H,5,8,11H2,1-4H3. The number of carbonyl (C=O) groups excluding carboxylic acids is 2. The van der Waals surface area contributed by atoms with Crippen LogP contribution in [0.1, 0.15) is 51.2 Å². The molecule has 6 heteroatoms. The molecule has 5 nitrogen and oxygen atoms in total. The Bertz CT molecular complexity index is 1030. The maximum absolute atomic E-state index is 12.5. The molecule has 0 aliphatic rings. The summed E-state index contributed by atoms with van der Waals surface area (Å²) in [6.45, 7) is 8.33. The number of halogens is 1. The van der Waals surface area contributed by atoms with E-state index in [1.807, 2.05) is 32.0 Å². The minimum Gasteiger partial charge on any atom is -0.451 e. The van der Waals surface area contributed by atoms with Gasteiger partial charge in [-0.1, -0.05) is 22.9 Å². The minimum absolute atomic E-state index is 0.132. The summed E-state index contributed by atoms with van der Waals surface area (Å²) in [7, 11) is 0. The van der Waals surface area contributed by atoms with Gasteiger partial charge in [0.1, 0.15) is 5.58 Å². The largest absolute Gasteiger partial charge is 0.451 e.